The van der Waals surface area contributed by atoms with Crippen LogP contribution in [0.15, 0.2) is 91.0 Å². The average molecular weight is 458 g/mol. The average Bonchev–Trinajstić information content (AvgIpc) is 3.37. The molecule has 1 heterocycles. The number of Topliss-reactive ketones (excluding diaryl/α,β-unsaturated/α-hetero) is 1. The summed E-state index contributed by atoms with van der Waals surface area (Å²) < 4.78 is 5.99. The van der Waals surface area contributed by atoms with Gasteiger partial charge in [-0.2, -0.15) is 0 Å². The number of ether oxygens (including phenoxy) is 1. The lowest BCUT2D eigenvalue weighted by molar-refractivity contribution is -0.126. The molecule has 33 heavy (non-hydrogen) atoms. The van der Waals surface area contributed by atoms with Crippen molar-refractivity contribution in [2.45, 2.75) is 31.2 Å². The maximum atomic E-state index is 12.9. The Balaban J connectivity index is 1.39. The highest BCUT2D eigenvalue weighted by atomic mass is 32.1. The number of thiocarbonyl (C=S) groups is 1. The van der Waals surface area contributed by atoms with E-state index in [2.05, 4.69) is 24.3 Å². The van der Waals surface area contributed by atoms with E-state index < -0.39 is 11.7 Å². The van der Waals surface area contributed by atoms with Crippen molar-refractivity contribution in [3.63, 3.8) is 0 Å². The summed E-state index contributed by atoms with van der Waals surface area (Å²) in [5, 5.41) is 0.390. The number of benzene rings is 3. The van der Waals surface area contributed by atoms with Crippen molar-refractivity contribution in [2.24, 2.45) is 0 Å². The van der Waals surface area contributed by atoms with Crippen LogP contribution in [-0.4, -0.2) is 40.8 Å². The maximum Gasteiger partial charge on any atom is 0.295 e. The van der Waals surface area contributed by atoms with Gasteiger partial charge in [0, 0.05) is 18.0 Å². The summed E-state index contributed by atoms with van der Waals surface area (Å²) in [4.78, 5) is 27.1. The van der Waals surface area contributed by atoms with Crippen LogP contribution in [0.3, 0.4) is 0 Å². The van der Waals surface area contributed by atoms with Crippen LogP contribution in [-0.2, 0) is 9.53 Å². The molecule has 3 aromatic rings. The number of carbonyl (C=O) groups excluding carboxylic acids is 2. The van der Waals surface area contributed by atoms with Crippen molar-refractivity contribution in [2.75, 3.05) is 13.2 Å². The van der Waals surface area contributed by atoms with Crippen LogP contribution in [0, 0.1) is 0 Å². The van der Waals surface area contributed by atoms with Gasteiger partial charge in [0.1, 0.15) is 6.04 Å². The molecule has 1 aliphatic heterocycles. The minimum Gasteiger partial charge on any atom is -0.485 e. The lowest BCUT2D eigenvalue weighted by Gasteiger charge is -2.25. The third kappa shape index (κ3) is 5.55. The van der Waals surface area contributed by atoms with E-state index in [9.17, 15) is 9.59 Å². The molecule has 3 aromatic carbocycles. The Hall–Kier alpha value is -3.31. The molecule has 0 saturated carbocycles. The zero-order valence-corrected chi connectivity index (χ0v) is 19.2. The second-order valence-electron chi connectivity index (χ2n) is 8.18. The van der Waals surface area contributed by atoms with Gasteiger partial charge in [-0.1, -0.05) is 91.0 Å². The van der Waals surface area contributed by atoms with E-state index in [0.717, 1.165) is 12.8 Å². The van der Waals surface area contributed by atoms with Gasteiger partial charge in [-0.25, -0.2) is 0 Å². The number of rotatable bonds is 8. The summed E-state index contributed by atoms with van der Waals surface area (Å²) in [5.74, 6) is -0.823. The van der Waals surface area contributed by atoms with Gasteiger partial charge >= 0.3 is 0 Å². The molecule has 0 bridgehead atoms. The molecule has 4 nitrogen and oxygen atoms in total. The lowest BCUT2D eigenvalue weighted by Crippen LogP contribution is -2.44. The fraction of sp³-hybridized carbons (Fsp3) is 0.250. The molecule has 1 atom stereocenters. The van der Waals surface area contributed by atoms with Crippen molar-refractivity contribution in [1.29, 1.82) is 0 Å². The van der Waals surface area contributed by atoms with Gasteiger partial charge in [0.25, 0.3) is 5.91 Å². The van der Waals surface area contributed by atoms with E-state index in [1.54, 1.807) is 29.2 Å². The third-order valence-corrected chi connectivity index (χ3v) is 6.46. The smallest absolute Gasteiger partial charge is 0.295 e. The standard InChI is InChI=1S/C28H27NO3S/c30-26(23-15-8-3-9-16-23)27(31)29-19-10-17-25(29)28(33)32-20-18-24(21-11-4-1-5-12-21)22-13-6-2-7-14-22/h1-9,11-16,24-25H,10,17-20H2. The molecule has 0 radical (unpaired) electrons. The minimum absolute atomic E-state index is 0.191. The first-order valence-electron chi connectivity index (χ1n) is 11.3. The van der Waals surface area contributed by atoms with E-state index in [0.29, 0.717) is 30.2 Å². The summed E-state index contributed by atoms with van der Waals surface area (Å²) in [6.45, 7) is 0.959. The third-order valence-electron chi connectivity index (χ3n) is 6.07. The largest absolute Gasteiger partial charge is 0.485 e. The summed E-state index contributed by atoms with van der Waals surface area (Å²) in [6.07, 6.45) is 2.28. The highest BCUT2D eigenvalue weighted by molar-refractivity contribution is 7.80. The van der Waals surface area contributed by atoms with Crippen molar-refractivity contribution in [3.05, 3.63) is 108 Å². The van der Waals surface area contributed by atoms with Crippen LogP contribution in [0.1, 0.15) is 46.7 Å². The molecule has 0 N–H and O–H groups in total. The highest BCUT2D eigenvalue weighted by Gasteiger charge is 2.36. The van der Waals surface area contributed by atoms with Crippen LogP contribution in [0.2, 0.25) is 0 Å². The highest BCUT2D eigenvalue weighted by Crippen LogP contribution is 2.28. The topological polar surface area (TPSA) is 46.6 Å². The van der Waals surface area contributed by atoms with Gasteiger partial charge in [-0.3, -0.25) is 9.59 Å². The molecule has 5 heteroatoms. The molecule has 1 aliphatic rings. The number of amides is 1. The molecule has 4 rings (SSSR count). The number of carbonyl (C=O) groups is 2. The molecular formula is C28H27NO3S. The van der Waals surface area contributed by atoms with Gasteiger partial charge in [-0.05, 0) is 42.6 Å². The molecule has 1 saturated heterocycles. The molecule has 168 valence electrons. The first-order chi connectivity index (χ1) is 16.1. The predicted octanol–water partition coefficient (Wildman–Crippen LogP) is 5.43. The second-order valence-corrected chi connectivity index (χ2v) is 8.58. The van der Waals surface area contributed by atoms with Crippen molar-refractivity contribution >= 4 is 29.0 Å². The normalized spacial score (nSPS) is 15.4. The molecule has 0 spiro atoms. The SMILES string of the molecule is O=C(C(=O)N1CCCC1C(=S)OCCC(c1ccccc1)c1ccccc1)c1ccccc1. The minimum atomic E-state index is -0.513. The zero-order valence-electron chi connectivity index (χ0n) is 18.4. The molecule has 1 fully saturated rings. The van der Waals surface area contributed by atoms with Crippen LogP contribution in [0.25, 0.3) is 0 Å². The summed E-state index contributed by atoms with van der Waals surface area (Å²) in [7, 11) is 0. The Morgan fingerprint density at radius 2 is 1.42 bits per heavy atom. The molecule has 1 unspecified atom stereocenters. The van der Waals surface area contributed by atoms with E-state index in [1.165, 1.54) is 11.1 Å². The maximum absolute atomic E-state index is 12.9. The number of hydrogen-bond donors (Lipinski definition) is 0. The summed E-state index contributed by atoms with van der Waals surface area (Å²) in [6, 6.07) is 29.0. The van der Waals surface area contributed by atoms with E-state index >= 15 is 0 Å². The quantitative estimate of drug-likeness (QED) is 0.257. The van der Waals surface area contributed by atoms with Gasteiger partial charge in [0.2, 0.25) is 5.78 Å². The van der Waals surface area contributed by atoms with Crippen LogP contribution < -0.4 is 0 Å². The van der Waals surface area contributed by atoms with Gasteiger partial charge in [0.05, 0.1) is 6.61 Å². The number of ketones is 1. The Bertz CT molecular complexity index is 1050. The number of hydrogen-bond acceptors (Lipinski definition) is 4. The fourth-order valence-electron chi connectivity index (χ4n) is 4.37. The predicted molar refractivity (Wildman–Crippen MR) is 133 cm³/mol. The Labute approximate surface area is 200 Å². The van der Waals surface area contributed by atoms with E-state index in [-0.39, 0.29) is 12.0 Å². The molecule has 0 aliphatic carbocycles. The second kappa shape index (κ2) is 11.0. The molecule has 1 amide bonds. The molecular weight excluding hydrogens is 430 g/mol. The first-order valence-corrected chi connectivity index (χ1v) is 11.7. The fourth-order valence-corrected chi connectivity index (χ4v) is 4.70. The first kappa shape index (κ1) is 22.9. The van der Waals surface area contributed by atoms with E-state index in [1.807, 2.05) is 42.5 Å². The van der Waals surface area contributed by atoms with Crippen molar-refractivity contribution < 1.29 is 14.3 Å². The number of likely N-dealkylation sites (tertiary alicyclic amines) is 1. The van der Waals surface area contributed by atoms with E-state index in [4.69, 9.17) is 17.0 Å². The van der Waals surface area contributed by atoms with Gasteiger partial charge in [-0.15, -0.1) is 0 Å². The Morgan fingerprint density at radius 1 is 0.879 bits per heavy atom. The van der Waals surface area contributed by atoms with Gasteiger partial charge in [0.15, 0.2) is 5.05 Å². The van der Waals surface area contributed by atoms with Crippen LogP contribution >= 0.6 is 12.2 Å². The summed E-state index contributed by atoms with van der Waals surface area (Å²) >= 11 is 5.57. The molecule has 0 aromatic heterocycles. The Kier molecular flexibility index (Phi) is 7.63. The lowest BCUT2D eigenvalue weighted by atomic mass is 9.89. The monoisotopic (exact) mass is 457 g/mol. The van der Waals surface area contributed by atoms with Crippen LogP contribution in [0.4, 0.5) is 0 Å². The van der Waals surface area contributed by atoms with Crippen molar-refractivity contribution in [3.8, 4) is 0 Å². The zero-order chi connectivity index (χ0) is 23.0. The van der Waals surface area contributed by atoms with Crippen molar-refractivity contribution in [1.82, 2.24) is 4.90 Å². The Morgan fingerprint density at radius 3 is 2.00 bits per heavy atom. The summed E-state index contributed by atoms with van der Waals surface area (Å²) in [5.41, 5.74) is 2.85. The van der Waals surface area contributed by atoms with Crippen LogP contribution in [0.5, 0.6) is 0 Å². The van der Waals surface area contributed by atoms with Gasteiger partial charge < -0.3 is 9.64 Å². The number of nitrogens with zero attached hydrogens (tertiary/aromatic N) is 1.